The molecule has 0 radical (unpaired) electrons. The zero-order valence-corrected chi connectivity index (χ0v) is 35.5. The van der Waals surface area contributed by atoms with Crippen molar-refractivity contribution in [1.82, 2.24) is 19.6 Å². The molecular weight excluding hydrogens is 823 g/mol. The molecule has 2 saturated heterocycles. The summed E-state index contributed by atoms with van der Waals surface area (Å²) in [5.74, 6) is -1.67. The number of carbonyl (C=O) groups is 1. The summed E-state index contributed by atoms with van der Waals surface area (Å²) in [6, 6.07) is 20.4. The molecule has 5 aromatic rings. The lowest BCUT2D eigenvalue weighted by molar-refractivity contribution is -0.0101. The number of pyridine rings is 1. The molecule has 5 heterocycles. The van der Waals surface area contributed by atoms with Crippen molar-refractivity contribution in [1.29, 1.82) is 5.26 Å². The highest BCUT2D eigenvalue weighted by atomic mass is 35.5. The molecule has 0 aliphatic carbocycles. The third-order valence-corrected chi connectivity index (χ3v) is 12.9. The first-order chi connectivity index (χ1) is 29.3. The number of fused-ring (bicyclic) bond motifs is 1. The van der Waals surface area contributed by atoms with E-state index in [2.05, 4.69) is 50.5 Å². The van der Waals surface area contributed by atoms with Crippen LogP contribution in [0, 0.1) is 23.1 Å². The fourth-order valence-corrected chi connectivity index (χ4v) is 8.92. The van der Waals surface area contributed by atoms with Crippen LogP contribution in [0.1, 0.15) is 54.6 Å². The fraction of sp³-hybridized carbons (Fsp3) is 0.356. The zero-order valence-electron chi connectivity index (χ0n) is 33.9. The van der Waals surface area contributed by atoms with E-state index in [0.29, 0.717) is 61.1 Å². The molecule has 0 spiro atoms. The van der Waals surface area contributed by atoms with E-state index in [1.165, 1.54) is 29.3 Å². The van der Waals surface area contributed by atoms with Gasteiger partial charge in [-0.05, 0) is 91.8 Å². The van der Waals surface area contributed by atoms with Gasteiger partial charge in [-0.1, -0.05) is 23.7 Å². The summed E-state index contributed by atoms with van der Waals surface area (Å²) in [7, 11) is -4.54. The van der Waals surface area contributed by atoms with Gasteiger partial charge in [0.1, 0.15) is 22.3 Å². The number of nitrogens with one attached hydrogen (secondary N) is 2. The van der Waals surface area contributed by atoms with Crippen LogP contribution in [-0.4, -0.2) is 93.9 Å². The van der Waals surface area contributed by atoms with Crippen molar-refractivity contribution in [3.63, 3.8) is 0 Å². The predicted molar refractivity (Wildman–Crippen MR) is 229 cm³/mol. The predicted octanol–water partition coefficient (Wildman–Crippen LogP) is 7.72. The Labute approximate surface area is 359 Å². The van der Waals surface area contributed by atoms with Crippen LogP contribution in [0.5, 0.6) is 17.4 Å². The highest BCUT2D eigenvalue weighted by Gasteiger charge is 2.31. The molecule has 0 atom stereocenters. The molecule has 16 heteroatoms. The maximum Gasteiger partial charge on any atom is 0.268 e. The van der Waals surface area contributed by atoms with Crippen LogP contribution in [-0.2, 0) is 19.5 Å². The average Bonchev–Trinajstić information content (AvgIpc) is 3.71. The summed E-state index contributed by atoms with van der Waals surface area (Å²) in [5.41, 5.74) is 4.38. The number of aromatic amines is 1. The minimum atomic E-state index is -4.54. The molecule has 3 aromatic carbocycles. The van der Waals surface area contributed by atoms with Crippen LogP contribution in [0.15, 0.2) is 89.6 Å². The average molecular weight is 869 g/mol. The Morgan fingerprint density at radius 2 is 1.82 bits per heavy atom. The number of piperazine rings is 1. The number of carbonyl (C=O) groups excluding carboxylic acids is 1. The van der Waals surface area contributed by atoms with Crippen molar-refractivity contribution >= 4 is 49.7 Å². The van der Waals surface area contributed by atoms with Crippen LogP contribution in [0.25, 0.3) is 16.5 Å². The normalized spacial score (nSPS) is 17.6. The molecule has 0 unspecified atom stereocenters. The van der Waals surface area contributed by atoms with E-state index in [1.807, 2.05) is 18.2 Å². The van der Waals surface area contributed by atoms with Gasteiger partial charge in [0.25, 0.3) is 15.9 Å². The molecule has 13 nitrogen and oxygen atoms in total. The van der Waals surface area contributed by atoms with Crippen molar-refractivity contribution in [3.05, 3.63) is 112 Å². The quantitative estimate of drug-likeness (QED) is 0.126. The number of H-pyrrole nitrogens is 1. The number of nitrogens with zero attached hydrogens (tertiary/aromatic N) is 4. The SMILES string of the molecule is CC1(C)CC(c2ccc(Cl)cc2)=C(CN2CCN(c3ccc(C(=O)NS(=O)(=O)c4cnc(OCC5CCOCC5)c(C#N)c4)c(Oc4cc5cc[nH]c5cc4F)c3)CC2)CO1. The molecule has 2 aromatic heterocycles. The van der Waals surface area contributed by atoms with E-state index >= 15 is 4.39 Å². The van der Waals surface area contributed by atoms with E-state index in [-0.39, 0.29) is 40.0 Å². The second kappa shape index (κ2) is 17.8. The lowest BCUT2D eigenvalue weighted by atomic mass is 9.87. The van der Waals surface area contributed by atoms with Crippen molar-refractivity contribution in [2.75, 3.05) is 64.1 Å². The second-order valence-electron chi connectivity index (χ2n) is 16.1. The monoisotopic (exact) mass is 868 g/mol. The van der Waals surface area contributed by atoms with Crippen molar-refractivity contribution in [2.24, 2.45) is 5.92 Å². The summed E-state index contributed by atoms with van der Waals surface area (Å²) >= 11 is 6.21. The van der Waals surface area contributed by atoms with Crippen LogP contribution >= 0.6 is 11.6 Å². The van der Waals surface area contributed by atoms with E-state index in [0.717, 1.165) is 56.7 Å². The topological polar surface area (TPSA) is 159 Å². The molecule has 8 rings (SSSR count). The first-order valence-electron chi connectivity index (χ1n) is 20.2. The Balaban J connectivity index is 1.01. The van der Waals surface area contributed by atoms with Gasteiger partial charge in [0.15, 0.2) is 11.6 Å². The molecule has 2 fully saturated rings. The molecule has 3 aliphatic heterocycles. The molecule has 1 amide bonds. The summed E-state index contributed by atoms with van der Waals surface area (Å²) in [6.45, 7) is 9.76. The van der Waals surface area contributed by atoms with E-state index in [4.69, 9.17) is 30.5 Å². The molecule has 0 bridgehead atoms. The summed E-state index contributed by atoms with van der Waals surface area (Å²) in [5, 5.41) is 11.2. The van der Waals surface area contributed by atoms with Gasteiger partial charge in [-0.15, -0.1) is 0 Å². The highest BCUT2D eigenvalue weighted by molar-refractivity contribution is 7.90. The Hall–Kier alpha value is -5.50. The number of rotatable bonds is 12. The van der Waals surface area contributed by atoms with Crippen LogP contribution in [0.3, 0.4) is 0 Å². The number of nitriles is 1. The molecular formula is C45H46ClFN6O7S. The summed E-state index contributed by atoms with van der Waals surface area (Å²) in [6.07, 6.45) is 5.10. The maximum atomic E-state index is 15.4. The maximum absolute atomic E-state index is 15.4. The van der Waals surface area contributed by atoms with Crippen molar-refractivity contribution in [3.8, 4) is 23.4 Å². The Kier molecular flexibility index (Phi) is 12.3. The molecule has 61 heavy (non-hydrogen) atoms. The van der Waals surface area contributed by atoms with Gasteiger partial charge in [0, 0.05) is 92.3 Å². The third-order valence-electron chi connectivity index (χ3n) is 11.3. The smallest absolute Gasteiger partial charge is 0.268 e. The van der Waals surface area contributed by atoms with E-state index < -0.39 is 26.6 Å². The first-order valence-corrected chi connectivity index (χ1v) is 22.0. The number of ether oxygens (including phenoxy) is 4. The molecule has 0 saturated carbocycles. The first kappa shape index (κ1) is 42.2. The summed E-state index contributed by atoms with van der Waals surface area (Å²) in [4.78, 5) is 25.1. The van der Waals surface area contributed by atoms with Gasteiger partial charge in [-0.25, -0.2) is 22.5 Å². The number of benzene rings is 3. The number of hydrogen-bond acceptors (Lipinski definition) is 11. The highest BCUT2D eigenvalue weighted by Crippen LogP contribution is 2.37. The van der Waals surface area contributed by atoms with Crippen LogP contribution in [0.4, 0.5) is 10.1 Å². The van der Waals surface area contributed by atoms with Gasteiger partial charge >= 0.3 is 0 Å². The standard InChI is InChI=1S/C45H46ClFN6O7S/c1-45(2)23-38(30-3-5-34(46)6-4-30)33(28-59-45)26-52-13-15-53(16-14-52)35-7-8-37(41(21-35)60-42-20-31-9-12-49-40(31)22-39(42)47)43(54)51-61(55,56)36-19-32(24-48)44(50-25-36)58-27-29-10-17-57-18-11-29/h3-9,12,19-22,25,29,49H,10-11,13-18,23,26-28H2,1-2H3,(H,51,54). The minimum Gasteiger partial charge on any atom is -0.476 e. The number of sulfonamides is 1. The minimum absolute atomic E-state index is 0.000356. The van der Waals surface area contributed by atoms with Gasteiger partial charge < -0.3 is 28.8 Å². The fourth-order valence-electron chi connectivity index (χ4n) is 7.85. The number of amides is 1. The number of aromatic nitrogens is 2. The zero-order chi connectivity index (χ0) is 42.7. The van der Waals surface area contributed by atoms with Gasteiger partial charge in [-0.3, -0.25) is 9.69 Å². The van der Waals surface area contributed by atoms with Crippen molar-refractivity contribution in [2.45, 2.75) is 43.6 Å². The van der Waals surface area contributed by atoms with Crippen molar-refractivity contribution < 1.29 is 36.6 Å². The number of anilines is 1. The van der Waals surface area contributed by atoms with Gasteiger partial charge in [-0.2, -0.15) is 5.26 Å². The van der Waals surface area contributed by atoms with E-state index in [9.17, 15) is 18.5 Å². The lowest BCUT2D eigenvalue weighted by Crippen LogP contribution is -2.47. The van der Waals surface area contributed by atoms with Gasteiger partial charge in [0.2, 0.25) is 5.88 Å². The Morgan fingerprint density at radius 1 is 1.05 bits per heavy atom. The summed E-state index contributed by atoms with van der Waals surface area (Å²) < 4.78 is 68.3. The second-order valence-corrected chi connectivity index (χ2v) is 18.3. The molecule has 318 valence electrons. The molecule has 3 aliphatic rings. The van der Waals surface area contributed by atoms with E-state index in [1.54, 1.807) is 24.4 Å². The number of hydrogen-bond donors (Lipinski definition) is 2. The lowest BCUT2D eigenvalue weighted by Gasteiger charge is -2.39. The number of halogens is 2. The Morgan fingerprint density at radius 3 is 2.57 bits per heavy atom. The Bertz CT molecular complexity index is 2610. The largest absolute Gasteiger partial charge is 0.476 e. The van der Waals surface area contributed by atoms with Crippen LogP contribution in [0.2, 0.25) is 5.02 Å². The third kappa shape index (κ3) is 9.85. The van der Waals surface area contributed by atoms with Crippen LogP contribution < -0.4 is 19.1 Å². The van der Waals surface area contributed by atoms with Gasteiger partial charge in [0.05, 0.1) is 30.6 Å². The molecule has 2 N–H and O–H groups in total.